The van der Waals surface area contributed by atoms with E-state index in [1.165, 1.54) is 0 Å². The lowest BCUT2D eigenvalue weighted by atomic mass is 10.1. The molecule has 0 bridgehead atoms. The van der Waals surface area contributed by atoms with E-state index in [2.05, 4.69) is 5.32 Å². The molecule has 1 aliphatic heterocycles. The molecule has 1 saturated heterocycles. The Morgan fingerprint density at radius 3 is 2.67 bits per heavy atom. The number of ether oxygens (including phenoxy) is 2. The topological polar surface area (TPSA) is 47.6 Å². The molecule has 1 aliphatic rings. The van der Waals surface area contributed by atoms with Crippen molar-refractivity contribution in [1.29, 1.82) is 0 Å². The molecular weight excluding hydrogens is 250 g/mol. The average molecular weight is 269 g/mol. The van der Waals surface area contributed by atoms with Gasteiger partial charge in [0.1, 0.15) is 0 Å². The summed E-state index contributed by atoms with van der Waals surface area (Å²) in [5.74, 6) is 3.36. The van der Waals surface area contributed by atoms with Crippen LogP contribution in [0.25, 0.3) is 0 Å². The summed E-state index contributed by atoms with van der Waals surface area (Å²) in [5, 5.41) is 3.18. The summed E-state index contributed by atoms with van der Waals surface area (Å²) in [5.41, 5.74) is 0. The normalized spacial score (nSPS) is 16.9. The van der Waals surface area contributed by atoms with Gasteiger partial charge in [-0.1, -0.05) is 12.1 Å². The Balaban J connectivity index is 1.72. The molecule has 1 fully saturated rings. The van der Waals surface area contributed by atoms with Crippen molar-refractivity contribution >= 4 is 10.8 Å². The summed E-state index contributed by atoms with van der Waals surface area (Å²) in [4.78, 5) is 0. The Labute approximate surface area is 110 Å². The van der Waals surface area contributed by atoms with Gasteiger partial charge in [0, 0.05) is 29.6 Å². The smallest absolute Gasteiger partial charge is 0.161 e. The molecule has 0 saturated carbocycles. The Morgan fingerprint density at radius 1 is 1.33 bits per heavy atom. The van der Waals surface area contributed by atoms with E-state index >= 15 is 0 Å². The van der Waals surface area contributed by atoms with Crippen molar-refractivity contribution in [1.82, 2.24) is 5.32 Å². The Bertz CT molecular complexity index is 407. The number of hydrogen-bond acceptors (Lipinski definition) is 4. The molecule has 4 nitrogen and oxygen atoms in total. The van der Waals surface area contributed by atoms with Crippen molar-refractivity contribution in [3.63, 3.8) is 0 Å². The van der Waals surface area contributed by atoms with Crippen LogP contribution in [0.1, 0.15) is 0 Å². The van der Waals surface area contributed by atoms with E-state index in [1.54, 1.807) is 7.11 Å². The second-order valence-electron chi connectivity index (χ2n) is 4.33. The van der Waals surface area contributed by atoms with Crippen molar-refractivity contribution in [2.75, 3.05) is 38.3 Å². The van der Waals surface area contributed by atoms with E-state index in [0.29, 0.717) is 29.8 Å². The first-order valence-electron chi connectivity index (χ1n) is 6.11. The highest BCUT2D eigenvalue weighted by atomic mass is 32.2. The lowest BCUT2D eigenvalue weighted by Gasteiger charge is -2.26. The maximum absolute atomic E-state index is 11.8. The minimum atomic E-state index is -0.787. The van der Waals surface area contributed by atoms with Gasteiger partial charge in [-0.05, 0) is 18.1 Å². The number of benzene rings is 1. The van der Waals surface area contributed by atoms with Crippen molar-refractivity contribution < 1.29 is 13.7 Å². The standard InChI is InChI=1S/C13H19NO3S/c1-16-12-4-2-3-5-13(12)17-6-7-18(15)10-11-8-14-9-11/h2-5,11,14H,6-10H2,1H3. The highest BCUT2D eigenvalue weighted by Gasteiger charge is 2.19. The summed E-state index contributed by atoms with van der Waals surface area (Å²) in [7, 11) is 0.828. The average Bonchev–Trinajstić information content (AvgIpc) is 2.34. The molecule has 0 aliphatic carbocycles. The number of rotatable bonds is 7. The van der Waals surface area contributed by atoms with E-state index < -0.39 is 10.8 Å². The molecule has 1 unspecified atom stereocenters. The quantitative estimate of drug-likeness (QED) is 0.803. The van der Waals surface area contributed by atoms with Gasteiger partial charge >= 0.3 is 0 Å². The molecule has 1 N–H and O–H groups in total. The summed E-state index contributed by atoms with van der Waals surface area (Å²) in [6.07, 6.45) is 0. The molecule has 0 aromatic heterocycles. The minimum absolute atomic E-state index is 0.465. The third-order valence-corrected chi connectivity index (χ3v) is 4.39. The molecule has 0 spiro atoms. The SMILES string of the molecule is COc1ccccc1OCCS(=O)CC1CNC1. The van der Waals surface area contributed by atoms with Crippen LogP contribution >= 0.6 is 0 Å². The number of methoxy groups -OCH3 is 1. The second-order valence-corrected chi connectivity index (χ2v) is 5.96. The van der Waals surface area contributed by atoms with Crippen LogP contribution in [0.3, 0.4) is 0 Å². The number of para-hydroxylation sites is 2. The highest BCUT2D eigenvalue weighted by molar-refractivity contribution is 7.85. The molecule has 0 radical (unpaired) electrons. The third kappa shape index (κ3) is 3.71. The second kappa shape index (κ2) is 6.75. The van der Waals surface area contributed by atoms with Gasteiger partial charge in [-0.25, -0.2) is 0 Å². The molecule has 1 heterocycles. The van der Waals surface area contributed by atoms with Crippen LogP contribution in [0.15, 0.2) is 24.3 Å². The van der Waals surface area contributed by atoms with E-state index in [9.17, 15) is 4.21 Å². The lowest BCUT2D eigenvalue weighted by molar-refractivity contribution is 0.312. The third-order valence-electron chi connectivity index (χ3n) is 2.93. The van der Waals surface area contributed by atoms with Gasteiger partial charge in [0.2, 0.25) is 0 Å². The van der Waals surface area contributed by atoms with E-state index in [4.69, 9.17) is 9.47 Å². The van der Waals surface area contributed by atoms with Crippen LogP contribution in [0.5, 0.6) is 11.5 Å². The Morgan fingerprint density at radius 2 is 2.06 bits per heavy atom. The maximum Gasteiger partial charge on any atom is 0.161 e. The van der Waals surface area contributed by atoms with Gasteiger partial charge in [0.15, 0.2) is 11.5 Å². The van der Waals surface area contributed by atoms with Gasteiger partial charge < -0.3 is 14.8 Å². The first-order chi connectivity index (χ1) is 8.79. The fraction of sp³-hybridized carbons (Fsp3) is 0.538. The summed E-state index contributed by atoms with van der Waals surface area (Å²) < 4.78 is 22.5. The van der Waals surface area contributed by atoms with Gasteiger partial charge in [0.05, 0.1) is 19.5 Å². The minimum Gasteiger partial charge on any atom is -0.493 e. The molecule has 2 rings (SSSR count). The number of hydrogen-bond donors (Lipinski definition) is 1. The van der Waals surface area contributed by atoms with Crippen molar-refractivity contribution in [3.8, 4) is 11.5 Å². The zero-order valence-electron chi connectivity index (χ0n) is 10.6. The fourth-order valence-electron chi connectivity index (χ4n) is 1.80. The molecule has 100 valence electrons. The first kappa shape index (κ1) is 13.4. The summed E-state index contributed by atoms with van der Waals surface area (Å²) >= 11 is 0. The highest BCUT2D eigenvalue weighted by Crippen LogP contribution is 2.25. The first-order valence-corrected chi connectivity index (χ1v) is 7.60. The molecule has 0 amide bonds. The van der Waals surface area contributed by atoms with E-state index in [-0.39, 0.29) is 0 Å². The molecule has 1 aromatic carbocycles. The predicted octanol–water partition coefficient (Wildman–Crippen LogP) is 1.04. The van der Waals surface area contributed by atoms with Crippen LogP contribution < -0.4 is 14.8 Å². The Hall–Kier alpha value is -1.07. The number of nitrogens with one attached hydrogen (secondary N) is 1. The largest absolute Gasteiger partial charge is 0.493 e. The van der Waals surface area contributed by atoms with Crippen molar-refractivity contribution in [3.05, 3.63) is 24.3 Å². The molecule has 1 aromatic rings. The zero-order valence-corrected chi connectivity index (χ0v) is 11.4. The monoisotopic (exact) mass is 269 g/mol. The van der Waals surface area contributed by atoms with Crippen LogP contribution in [0.4, 0.5) is 0 Å². The van der Waals surface area contributed by atoms with Gasteiger partial charge in [-0.15, -0.1) is 0 Å². The van der Waals surface area contributed by atoms with Crippen LogP contribution in [-0.4, -0.2) is 42.5 Å². The van der Waals surface area contributed by atoms with Gasteiger partial charge in [0.25, 0.3) is 0 Å². The van der Waals surface area contributed by atoms with Crippen LogP contribution in [0, 0.1) is 5.92 Å². The summed E-state index contributed by atoms with van der Waals surface area (Å²) in [6, 6.07) is 7.51. The van der Waals surface area contributed by atoms with E-state index in [0.717, 1.165) is 18.8 Å². The lowest BCUT2D eigenvalue weighted by Crippen LogP contribution is -2.45. The summed E-state index contributed by atoms with van der Waals surface area (Å²) in [6.45, 7) is 2.46. The molecular formula is C13H19NO3S. The fourth-order valence-corrected chi connectivity index (χ4v) is 2.99. The van der Waals surface area contributed by atoms with Crippen molar-refractivity contribution in [2.24, 2.45) is 5.92 Å². The maximum atomic E-state index is 11.8. The van der Waals surface area contributed by atoms with Crippen molar-refractivity contribution in [2.45, 2.75) is 0 Å². The zero-order chi connectivity index (χ0) is 12.8. The molecule has 5 heteroatoms. The molecule has 18 heavy (non-hydrogen) atoms. The Kier molecular flexibility index (Phi) is 5.01. The molecule has 1 atom stereocenters. The van der Waals surface area contributed by atoms with Crippen LogP contribution in [0.2, 0.25) is 0 Å². The van der Waals surface area contributed by atoms with Gasteiger partial charge in [-0.2, -0.15) is 0 Å². The predicted molar refractivity (Wildman–Crippen MR) is 72.7 cm³/mol. The van der Waals surface area contributed by atoms with Gasteiger partial charge in [-0.3, -0.25) is 4.21 Å². The van der Waals surface area contributed by atoms with E-state index in [1.807, 2.05) is 24.3 Å². The van der Waals surface area contributed by atoms with Crippen LogP contribution in [-0.2, 0) is 10.8 Å².